The van der Waals surface area contributed by atoms with E-state index in [1.165, 1.54) is 5.56 Å². The first-order valence-corrected chi connectivity index (χ1v) is 15.4. The summed E-state index contributed by atoms with van der Waals surface area (Å²) in [6, 6.07) is 14.7. The average Bonchev–Trinajstić information content (AvgIpc) is 3.52. The van der Waals surface area contributed by atoms with E-state index in [0.29, 0.717) is 61.3 Å². The molecule has 5 aromatic rings. The molecule has 2 aliphatic rings. The van der Waals surface area contributed by atoms with Crippen LogP contribution in [0.1, 0.15) is 41.9 Å². The standard InChI is InChI=1S/C34H35N9O3/c1-21-3-6-26-15-25(9-10-30(26)43(21)22(2)44)24-7-4-23(5-8-24)16-36-33(45)29-20-42-19-28(27-17-37-34(35)38-18-27)39-31(32(42)40-29)41-11-13-46-14-12-41/h4-5,7-10,15,17-21H,3,6,11-14,16H2,1-2H3,(H,36,45)(H2,35,37,38)/t21-/m1/s1. The van der Waals surface area contributed by atoms with Gasteiger partial charge in [0.1, 0.15) is 5.69 Å². The monoisotopic (exact) mass is 617 g/mol. The zero-order valence-corrected chi connectivity index (χ0v) is 25.8. The van der Waals surface area contributed by atoms with Gasteiger partial charge in [-0.1, -0.05) is 30.3 Å². The van der Waals surface area contributed by atoms with Crippen LogP contribution in [0.25, 0.3) is 28.0 Å². The van der Waals surface area contributed by atoms with Crippen molar-refractivity contribution in [3.63, 3.8) is 0 Å². The number of ether oxygens (including phenoxy) is 1. The second-order valence-electron chi connectivity index (χ2n) is 11.7. The molecule has 234 valence electrons. The van der Waals surface area contributed by atoms with Crippen LogP contribution in [0, 0.1) is 0 Å². The first-order valence-electron chi connectivity index (χ1n) is 15.4. The predicted octanol–water partition coefficient (Wildman–Crippen LogP) is 3.89. The maximum atomic E-state index is 13.3. The van der Waals surface area contributed by atoms with Crippen LogP contribution in [0.4, 0.5) is 17.5 Å². The summed E-state index contributed by atoms with van der Waals surface area (Å²) in [4.78, 5) is 47.3. The van der Waals surface area contributed by atoms with E-state index in [0.717, 1.165) is 35.2 Å². The SMILES string of the molecule is CC(=O)N1c2ccc(-c3ccc(CNC(=O)c4cn5cc(-c6cnc(N)nc6)nc(N6CCOCC6)c5n4)cc3)cc2CC[C@H]1C. The van der Waals surface area contributed by atoms with Crippen LogP contribution in [-0.2, 0) is 22.5 Å². The number of nitrogens with zero attached hydrogens (tertiary/aromatic N) is 7. The fourth-order valence-corrected chi connectivity index (χ4v) is 6.19. The molecule has 46 heavy (non-hydrogen) atoms. The molecule has 0 aliphatic carbocycles. The highest BCUT2D eigenvalue weighted by Gasteiger charge is 2.26. The molecule has 0 saturated carbocycles. The van der Waals surface area contributed by atoms with Crippen LogP contribution in [-0.4, -0.2) is 68.5 Å². The number of rotatable bonds is 6. The lowest BCUT2D eigenvalue weighted by Gasteiger charge is -2.34. The first kappa shape index (κ1) is 29.4. The largest absolute Gasteiger partial charge is 0.378 e. The molecule has 0 unspecified atom stereocenters. The number of benzene rings is 2. The van der Waals surface area contributed by atoms with Gasteiger partial charge in [-0.3, -0.25) is 9.59 Å². The van der Waals surface area contributed by atoms with Gasteiger partial charge in [0.25, 0.3) is 5.91 Å². The minimum Gasteiger partial charge on any atom is -0.378 e. The number of nitrogens with two attached hydrogens (primary N) is 1. The van der Waals surface area contributed by atoms with E-state index >= 15 is 0 Å². The summed E-state index contributed by atoms with van der Waals surface area (Å²) in [5.41, 5.74) is 13.3. The Hall–Kier alpha value is -5.36. The highest BCUT2D eigenvalue weighted by atomic mass is 16.5. The quantitative estimate of drug-likeness (QED) is 0.290. The van der Waals surface area contributed by atoms with Crippen molar-refractivity contribution in [2.75, 3.05) is 41.8 Å². The number of carbonyl (C=O) groups is 2. The smallest absolute Gasteiger partial charge is 0.271 e. The minimum atomic E-state index is -0.281. The molecule has 2 aromatic carbocycles. The van der Waals surface area contributed by atoms with Gasteiger partial charge >= 0.3 is 0 Å². The molecular formula is C34H35N9O3. The number of imidazole rings is 1. The Morgan fingerprint density at radius 2 is 1.72 bits per heavy atom. The van der Waals surface area contributed by atoms with Crippen molar-refractivity contribution in [2.45, 2.75) is 39.3 Å². The van der Waals surface area contributed by atoms with E-state index in [1.807, 2.05) is 27.6 Å². The third-order valence-electron chi connectivity index (χ3n) is 8.62. The van der Waals surface area contributed by atoms with E-state index < -0.39 is 0 Å². The maximum Gasteiger partial charge on any atom is 0.271 e. The van der Waals surface area contributed by atoms with E-state index in [4.69, 9.17) is 15.5 Å². The molecule has 3 aromatic heterocycles. The Bertz CT molecular complexity index is 1920. The van der Waals surface area contributed by atoms with Crippen molar-refractivity contribution in [3.8, 4) is 22.4 Å². The summed E-state index contributed by atoms with van der Waals surface area (Å²) in [6.45, 7) is 6.57. The van der Waals surface area contributed by atoms with Gasteiger partial charge < -0.3 is 30.0 Å². The summed E-state index contributed by atoms with van der Waals surface area (Å²) in [6.07, 6.45) is 8.68. The van der Waals surface area contributed by atoms with E-state index in [2.05, 4.69) is 62.4 Å². The topological polar surface area (TPSA) is 144 Å². The van der Waals surface area contributed by atoms with E-state index in [1.54, 1.807) is 25.5 Å². The second kappa shape index (κ2) is 12.2. The van der Waals surface area contributed by atoms with Crippen molar-refractivity contribution in [2.24, 2.45) is 0 Å². The zero-order valence-electron chi connectivity index (χ0n) is 25.8. The van der Waals surface area contributed by atoms with Gasteiger partial charge in [0.05, 0.1) is 18.9 Å². The van der Waals surface area contributed by atoms with E-state index in [9.17, 15) is 9.59 Å². The van der Waals surface area contributed by atoms with Crippen LogP contribution in [0.3, 0.4) is 0 Å². The number of morpholine rings is 1. The minimum absolute atomic E-state index is 0.0727. The number of aromatic nitrogens is 5. The lowest BCUT2D eigenvalue weighted by molar-refractivity contribution is -0.117. The molecule has 1 atom stereocenters. The van der Waals surface area contributed by atoms with E-state index in [-0.39, 0.29) is 23.8 Å². The lowest BCUT2D eigenvalue weighted by Crippen LogP contribution is -2.40. The van der Waals surface area contributed by atoms with Crippen molar-refractivity contribution in [1.29, 1.82) is 0 Å². The third kappa shape index (κ3) is 5.74. The molecule has 0 bridgehead atoms. The van der Waals surface area contributed by atoms with Gasteiger partial charge in [-0.25, -0.2) is 19.9 Å². The highest BCUT2D eigenvalue weighted by Crippen LogP contribution is 2.34. The molecule has 1 saturated heterocycles. The van der Waals surface area contributed by atoms with Gasteiger partial charge in [-0.05, 0) is 54.2 Å². The van der Waals surface area contributed by atoms with Crippen LogP contribution >= 0.6 is 0 Å². The Balaban J connectivity index is 1.08. The Morgan fingerprint density at radius 3 is 2.46 bits per heavy atom. The second-order valence-corrected chi connectivity index (χ2v) is 11.7. The number of aryl methyl sites for hydroxylation is 1. The van der Waals surface area contributed by atoms with Gasteiger partial charge in [0, 0.05) is 68.6 Å². The van der Waals surface area contributed by atoms with Crippen molar-refractivity contribution >= 4 is 34.9 Å². The number of nitrogen functional groups attached to an aromatic ring is 1. The fraction of sp³-hybridized carbons (Fsp3) is 0.294. The number of hydrogen-bond donors (Lipinski definition) is 2. The average molecular weight is 618 g/mol. The molecule has 3 N–H and O–H groups in total. The molecule has 0 radical (unpaired) electrons. The zero-order chi connectivity index (χ0) is 31.8. The van der Waals surface area contributed by atoms with Crippen molar-refractivity contribution in [1.82, 2.24) is 29.7 Å². The summed E-state index contributed by atoms with van der Waals surface area (Å²) >= 11 is 0. The molecule has 2 aliphatic heterocycles. The number of anilines is 3. The molecule has 12 heteroatoms. The van der Waals surface area contributed by atoms with Crippen molar-refractivity contribution < 1.29 is 14.3 Å². The lowest BCUT2D eigenvalue weighted by atomic mass is 9.93. The Kier molecular flexibility index (Phi) is 7.79. The summed E-state index contributed by atoms with van der Waals surface area (Å²) < 4.78 is 7.36. The molecule has 1 fully saturated rings. The van der Waals surface area contributed by atoms with Crippen LogP contribution in [0.15, 0.2) is 67.3 Å². The van der Waals surface area contributed by atoms with Gasteiger partial charge in [0.2, 0.25) is 11.9 Å². The van der Waals surface area contributed by atoms with Crippen LogP contribution in [0.2, 0.25) is 0 Å². The van der Waals surface area contributed by atoms with Gasteiger partial charge in [0.15, 0.2) is 11.5 Å². The number of nitrogens with one attached hydrogen (secondary N) is 1. The molecule has 0 spiro atoms. The number of fused-ring (bicyclic) bond motifs is 2. The summed E-state index contributed by atoms with van der Waals surface area (Å²) in [5.74, 6) is 0.642. The number of hydrogen-bond acceptors (Lipinski definition) is 9. The normalized spacial score (nSPS) is 16.3. The van der Waals surface area contributed by atoms with Crippen LogP contribution < -0.4 is 20.9 Å². The third-order valence-corrected chi connectivity index (χ3v) is 8.62. The Morgan fingerprint density at radius 1 is 0.978 bits per heavy atom. The molecule has 2 amide bonds. The molecule has 12 nitrogen and oxygen atoms in total. The predicted molar refractivity (Wildman–Crippen MR) is 175 cm³/mol. The molecular weight excluding hydrogens is 582 g/mol. The highest BCUT2D eigenvalue weighted by molar-refractivity contribution is 5.94. The van der Waals surface area contributed by atoms with Gasteiger partial charge in [-0.2, -0.15) is 0 Å². The molecule has 5 heterocycles. The maximum absolute atomic E-state index is 13.3. The molecule has 7 rings (SSSR count). The van der Waals surface area contributed by atoms with Crippen molar-refractivity contribution in [3.05, 3.63) is 84.1 Å². The van der Waals surface area contributed by atoms with Crippen LogP contribution in [0.5, 0.6) is 0 Å². The summed E-state index contributed by atoms with van der Waals surface area (Å²) in [7, 11) is 0. The number of carbonyl (C=O) groups excluding carboxylic acids is 2. The fourth-order valence-electron chi connectivity index (χ4n) is 6.19. The van der Waals surface area contributed by atoms with Gasteiger partial charge in [-0.15, -0.1) is 0 Å². The number of amides is 2. The Labute approximate surface area is 266 Å². The first-order chi connectivity index (χ1) is 22.3. The summed E-state index contributed by atoms with van der Waals surface area (Å²) in [5, 5.41) is 3.01.